The van der Waals surface area contributed by atoms with E-state index in [-0.39, 0.29) is 11.8 Å². The Morgan fingerprint density at radius 1 is 1.35 bits per heavy atom. The average Bonchev–Trinajstić information content (AvgIpc) is 2.88. The summed E-state index contributed by atoms with van der Waals surface area (Å²) in [6, 6.07) is 7.32. The largest absolute Gasteiger partial charge is 0.322 e. The molecule has 108 valence electrons. The normalized spacial score (nSPS) is 18.4. The first-order chi connectivity index (χ1) is 9.49. The predicted octanol–water partition coefficient (Wildman–Crippen LogP) is 3.54. The Labute approximate surface area is 120 Å². The van der Waals surface area contributed by atoms with Gasteiger partial charge in [0.25, 0.3) is 0 Å². The third-order valence-electron chi connectivity index (χ3n) is 3.85. The predicted molar refractivity (Wildman–Crippen MR) is 80.0 cm³/mol. The van der Waals surface area contributed by atoms with Gasteiger partial charge in [0, 0.05) is 23.8 Å². The quantitative estimate of drug-likeness (QED) is 0.857. The molecule has 2 amide bonds. The molecule has 0 radical (unpaired) electrons. The number of Topliss-reactive ketones (excluding diaryl/α,β-unsaturated/α-hetero) is 1. The van der Waals surface area contributed by atoms with Crippen LogP contribution in [0.3, 0.4) is 0 Å². The van der Waals surface area contributed by atoms with Crippen molar-refractivity contribution < 1.29 is 9.59 Å². The Kier molecular flexibility index (Phi) is 4.42. The number of rotatable bonds is 3. The van der Waals surface area contributed by atoms with E-state index in [0.29, 0.717) is 23.2 Å². The lowest BCUT2D eigenvalue weighted by Crippen LogP contribution is -2.41. The SMILES string of the molecule is CC(=O)c1cccc(NC(=O)N2CCCC2C(C)C)c1. The molecule has 1 unspecified atom stereocenters. The summed E-state index contributed by atoms with van der Waals surface area (Å²) in [6.45, 7) is 6.62. The minimum Gasteiger partial charge on any atom is -0.321 e. The van der Waals surface area contributed by atoms with E-state index in [4.69, 9.17) is 0 Å². The van der Waals surface area contributed by atoms with E-state index < -0.39 is 0 Å². The van der Waals surface area contributed by atoms with Gasteiger partial charge in [-0.05, 0) is 37.8 Å². The lowest BCUT2D eigenvalue weighted by molar-refractivity contribution is 0.101. The summed E-state index contributed by atoms with van der Waals surface area (Å²) in [4.78, 5) is 25.6. The van der Waals surface area contributed by atoms with Crippen molar-refractivity contribution in [2.45, 2.75) is 39.7 Å². The zero-order valence-corrected chi connectivity index (χ0v) is 12.3. The molecular weight excluding hydrogens is 252 g/mol. The Morgan fingerprint density at radius 2 is 2.10 bits per heavy atom. The van der Waals surface area contributed by atoms with Crippen molar-refractivity contribution in [2.75, 3.05) is 11.9 Å². The van der Waals surface area contributed by atoms with Crippen LogP contribution in [-0.2, 0) is 0 Å². The van der Waals surface area contributed by atoms with Gasteiger partial charge in [-0.25, -0.2) is 4.79 Å². The summed E-state index contributed by atoms with van der Waals surface area (Å²) in [5.41, 5.74) is 1.29. The number of benzene rings is 1. The van der Waals surface area contributed by atoms with E-state index in [1.165, 1.54) is 6.92 Å². The number of amides is 2. The van der Waals surface area contributed by atoms with Gasteiger partial charge in [0.15, 0.2) is 5.78 Å². The standard InChI is InChI=1S/C16H22N2O2/c1-11(2)15-8-5-9-18(15)16(20)17-14-7-4-6-13(10-14)12(3)19/h4,6-7,10-11,15H,5,8-9H2,1-3H3,(H,17,20). The van der Waals surface area contributed by atoms with Crippen molar-refractivity contribution in [3.05, 3.63) is 29.8 Å². The number of urea groups is 1. The molecule has 0 aliphatic carbocycles. The van der Waals surface area contributed by atoms with Crippen molar-refractivity contribution in [1.29, 1.82) is 0 Å². The van der Waals surface area contributed by atoms with Gasteiger partial charge in [0.05, 0.1) is 0 Å². The zero-order valence-electron chi connectivity index (χ0n) is 12.3. The van der Waals surface area contributed by atoms with Crippen molar-refractivity contribution in [1.82, 2.24) is 4.90 Å². The van der Waals surface area contributed by atoms with Crippen LogP contribution in [0.15, 0.2) is 24.3 Å². The lowest BCUT2D eigenvalue weighted by Gasteiger charge is -2.27. The second-order valence-electron chi connectivity index (χ2n) is 5.71. The maximum absolute atomic E-state index is 12.3. The molecule has 0 spiro atoms. The van der Waals surface area contributed by atoms with Crippen LogP contribution in [0.2, 0.25) is 0 Å². The first-order valence-corrected chi connectivity index (χ1v) is 7.17. The van der Waals surface area contributed by atoms with E-state index in [2.05, 4.69) is 19.2 Å². The Balaban J connectivity index is 2.08. The van der Waals surface area contributed by atoms with Crippen molar-refractivity contribution in [3.63, 3.8) is 0 Å². The van der Waals surface area contributed by atoms with E-state index >= 15 is 0 Å². The number of ketones is 1. The van der Waals surface area contributed by atoms with E-state index in [0.717, 1.165) is 19.4 Å². The summed E-state index contributed by atoms with van der Waals surface area (Å²) < 4.78 is 0. The molecule has 2 rings (SSSR count). The fraction of sp³-hybridized carbons (Fsp3) is 0.500. The number of likely N-dealkylation sites (tertiary alicyclic amines) is 1. The van der Waals surface area contributed by atoms with E-state index in [1.807, 2.05) is 11.0 Å². The van der Waals surface area contributed by atoms with E-state index in [1.54, 1.807) is 18.2 Å². The molecule has 1 N–H and O–H groups in total. The molecule has 1 aliphatic heterocycles. The smallest absolute Gasteiger partial charge is 0.321 e. The fourth-order valence-corrected chi connectivity index (χ4v) is 2.75. The minimum absolute atomic E-state index is 0.00216. The van der Waals surface area contributed by atoms with Gasteiger partial charge in [-0.15, -0.1) is 0 Å². The average molecular weight is 274 g/mol. The molecule has 1 atom stereocenters. The van der Waals surface area contributed by atoms with Gasteiger partial charge in [-0.1, -0.05) is 26.0 Å². The summed E-state index contributed by atoms with van der Waals surface area (Å²) in [7, 11) is 0. The maximum atomic E-state index is 12.3. The lowest BCUT2D eigenvalue weighted by atomic mass is 10.0. The zero-order chi connectivity index (χ0) is 14.7. The molecule has 4 heteroatoms. The van der Waals surface area contributed by atoms with Crippen LogP contribution in [-0.4, -0.2) is 29.3 Å². The van der Waals surface area contributed by atoms with Crippen molar-refractivity contribution in [2.24, 2.45) is 5.92 Å². The molecule has 0 bridgehead atoms. The molecule has 1 aromatic carbocycles. The van der Waals surface area contributed by atoms with Crippen LogP contribution in [0, 0.1) is 5.92 Å². The molecular formula is C16H22N2O2. The monoisotopic (exact) mass is 274 g/mol. The summed E-state index contributed by atoms with van der Waals surface area (Å²) in [6.07, 6.45) is 2.13. The summed E-state index contributed by atoms with van der Waals surface area (Å²) in [5.74, 6) is 0.467. The highest BCUT2D eigenvalue weighted by Gasteiger charge is 2.30. The number of nitrogens with zero attached hydrogens (tertiary/aromatic N) is 1. The van der Waals surface area contributed by atoms with Crippen LogP contribution in [0.25, 0.3) is 0 Å². The number of hydrogen-bond acceptors (Lipinski definition) is 2. The molecule has 1 heterocycles. The molecule has 4 nitrogen and oxygen atoms in total. The van der Waals surface area contributed by atoms with Gasteiger partial charge in [0.1, 0.15) is 0 Å². The Morgan fingerprint density at radius 3 is 2.75 bits per heavy atom. The third kappa shape index (κ3) is 3.18. The van der Waals surface area contributed by atoms with Crippen LogP contribution < -0.4 is 5.32 Å². The fourth-order valence-electron chi connectivity index (χ4n) is 2.75. The van der Waals surface area contributed by atoms with Gasteiger partial charge in [-0.2, -0.15) is 0 Å². The topological polar surface area (TPSA) is 49.4 Å². The van der Waals surface area contributed by atoms with Gasteiger partial charge >= 0.3 is 6.03 Å². The third-order valence-corrected chi connectivity index (χ3v) is 3.85. The number of anilines is 1. The molecule has 0 saturated carbocycles. The van der Waals surface area contributed by atoms with Gasteiger partial charge in [0.2, 0.25) is 0 Å². The highest BCUT2D eigenvalue weighted by atomic mass is 16.2. The van der Waals surface area contributed by atoms with Crippen LogP contribution in [0.4, 0.5) is 10.5 Å². The highest BCUT2D eigenvalue weighted by Crippen LogP contribution is 2.24. The molecule has 1 aliphatic rings. The second-order valence-corrected chi connectivity index (χ2v) is 5.71. The number of nitrogens with one attached hydrogen (secondary N) is 1. The maximum Gasteiger partial charge on any atom is 0.322 e. The molecule has 1 saturated heterocycles. The summed E-state index contributed by atoms with van der Waals surface area (Å²) in [5, 5.41) is 2.90. The first kappa shape index (κ1) is 14.6. The van der Waals surface area contributed by atoms with Crippen LogP contribution >= 0.6 is 0 Å². The Hall–Kier alpha value is -1.84. The number of carbonyl (C=O) groups is 2. The molecule has 1 aromatic rings. The van der Waals surface area contributed by atoms with Gasteiger partial charge < -0.3 is 10.2 Å². The number of hydrogen-bond donors (Lipinski definition) is 1. The van der Waals surface area contributed by atoms with Crippen molar-refractivity contribution >= 4 is 17.5 Å². The molecule has 1 fully saturated rings. The molecule has 20 heavy (non-hydrogen) atoms. The highest BCUT2D eigenvalue weighted by molar-refractivity contribution is 5.96. The summed E-state index contributed by atoms with van der Waals surface area (Å²) >= 11 is 0. The van der Waals surface area contributed by atoms with Crippen LogP contribution in [0.1, 0.15) is 44.0 Å². The minimum atomic E-state index is -0.0677. The van der Waals surface area contributed by atoms with Gasteiger partial charge in [-0.3, -0.25) is 4.79 Å². The van der Waals surface area contributed by atoms with Crippen molar-refractivity contribution in [3.8, 4) is 0 Å². The second kappa shape index (κ2) is 6.07. The first-order valence-electron chi connectivity index (χ1n) is 7.17. The number of carbonyl (C=O) groups excluding carboxylic acids is 2. The van der Waals surface area contributed by atoms with E-state index in [9.17, 15) is 9.59 Å². The van der Waals surface area contributed by atoms with Crippen LogP contribution in [0.5, 0.6) is 0 Å². The Bertz CT molecular complexity index is 511. The molecule has 0 aromatic heterocycles.